The second-order valence-corrected chi connectivity index (χ2v) is 9.19. The summed E-state index contributed by atoms with van der Waals surface area (Å²) in [7, 11) is 0. The highest BCUT2D eigenvalue weighted by atomic mass is 79.9. The zero-order valence-electron chi connectivity index (χ0n) is 18.6. The summed E-state index contributed by atoms with van der Waals surface area (Å²) in [6.07, 6.45) is -3.64. The van der Waals surface area contributed by atoms with Crippen LogP contribution in [-0.2, 0) is 9.59 Å². The minimum Gasteiger partial charge on any atom is -0.380 e. The molecular formula is C24H30BrN3O4. The largest absolute Gasteiger partial charge is 0.380 e. The summed E-state index contributed by atoms with van der Waals surface area (Å²) in [5, 5.41) is 23.3. The van der Waals surface area contributed by atoms with E-state index in [0.717, 1.165) is 15.7 Å². The number of benzene rings is 2. The summed E-state index contributed by atoms with van der Waals surface area (Å²) < 4.78 is 0.915. The molecule has 1 aliphatic heterocycles. The van der Waals surface area contributed by atoms with Gasteiger partial charge in [-0.05, 0) is 50.1 Å². The average molecular weight is 504 g/mol. The van der Waals surface area contributed by atoms with E-state index in [1.54, 1.807) is 6.92 Å². The van der Waals surface area contributed by atoms with Gasteiger partial charge in [0.1, 0.15) is 0 Å². The molecule has 3 rings (SSSR count). The zero-order valence-corrected chi connectivity index (χ0v) is 20.2. The summed E-state index contributed by atoms with van der Waals surface area (Å²) in [6, 6.07) is 13.3. The SMILES string of the molecule is Cc1ccc(N2CCN(C(=O)[C@H](O)[C@@H](O)C(=O)N[C@@H](C)c3ccc(Br)cc3)CC2)c(C)c1. The number of carbonyl (C=O) groups excluding carboxylic acids is 2. The molecule has 2 amide bonds. The Bertz CT molecular complexity index is 958. The highest BCUT2D eigenvalue weighted by Gasteiger charge is 2.35. The molecule has 0 saturated carbocycles. The van der Waals surface area contributed by atoms with Crippen LogP contribution in [0.15, 0.2) is 46.9 Å². The third-order valence-electron chi connectivity index (χ3n) is 5.83. The Hall–Kier alpha value is -2.42. The number of carbonyl (C=O) groups is 2. The predicted octanol–water partition coefficient (Wildman–Crippen LogP) is 2.31. The Kier molecular flexibility index (Phi) is 7.92. The van der Waals surface area contributed by atoms with Crippen LogP contribution in [0.2, 0.25) is 0 Å². The van der Waals surface area contributed by atoms with Crippen LogP contribution >= 0.6 is 15.9 Å². The number of nitrogens with one attached hydrogen (secondary N) is 1. The molecule has 2 aromatic rings. The summed E-state index contributed by atoms with van der Waals surface area (Å²) >= 11 is 3.36. The maximum atomic E-state index is 12.7. The third-order valence-corrected chi connectivity index (χ3v) is 6.36. The van der Waals surface area contributed by atoms with Crippen LogP contribution in [-0.4, -0.2) is 65.3 Å². The second-order valence-electron chi connectivity index (χ2n) is 8.27. The van der Waals surface area contributed by atoms with Gasteiger partial charge < -0.3 is 25.3 Å². The van der Waals surface area contributed by atoms with Crippen molar-refractivity contribution in [2.24, 2.45) is 0 Å². The standard InChI is InChI=1S/C24H30BrN3O4/c1-15-4-9-20(16(2)14-15)27-10-12-28(13-11-27)24(32)22(30)21(29)23(31)26-17(3)18-5-7-19(25)8-6-18/h4-9,14,17,21-22,29-30H,10-13H2,1-3H3,(H,26,31)/t17-,21+,22+/m0/s1. The number of hydrogen-bond acceptors (Lipinski definition) is 5. The number of hydrogen-bond donors (Lipinski definition) is 3. The first-order chi connectivity index (χ1) is 15.2. The van der Waals surface area contributed by atoms with Gasteiger partial charge in [0.25, 0.3) is 11.8 Å². The van der Waals surface area contributed by atoms with Gasteiger partial charge in [-0.1, -0.05) is 45.8 Å². The van der Waals surface area contributed by atoms with Crippen molar-refractivity contribution < 1.29 is 19.8 Å². The Balaban J connectivity index is 1.54. The maximum Gasteiger partial charge on any atom is 0.254 e. The lowest BCUT2D eigenvalue weighted by Crippen LogP contribution is -2.56. The highest BCUT2D eigenvalue weighted by molar-refractivity contribution is 9.10. The number of amides is 2. The van der Waals surface area contributed by atoms with E-state index in [2.05, 4.69) is 58.2 Å². The Morgan fingerprint density at radius 2 is 1.59 bits per heavy atom. The van der Waals surface area contributed by atoms with Gasteiger partial charge in [-0.2, -0.15) is 0 Å². The van der Waals surface area contributed by atoms with E-state index >= 15 is 0 Å². The monoisotopic (exact) mass is 503 g/mol. The van der Waals surface area contributed by atoms with Crippen molar-refractivity contribution in [3.63, 3.8) is 0 Å². The van der Waals surface area contributed by atoms with Gasteiger partial charge in [-0.3, -0.25) is 9.59 Å². The lowest BCUT2D eigenvalue weighted by atomic mass is 10.1. The molecule has 32 heavy (non-hydrogen) atoms. The molecule has 3 N–H and O–H groups in total. The highest BCUT2D eigenvalue weighted by Crippen LogP contribution is 2.23. The van der Waals surface area contributed by atoms with Crippen LogP contribution in [0.3, 0.4) is 0 Å². The Labute approximate surface area is 197 Å². The Morgan fingerprint density at radius 1 is 0.969 bits per heavy atom. The number of aliphatic hydroxyl groups excluding tert-OH is 2. The molecule has 3 atom stereocenters. The van der Waals surface area contributed by atoms with Crippen LogP contribution in [0.5, 0.6) is 0 Å². The van der Waals surface area contributed by atoms with Crippen LogP contribution in [0.4, 0.5) is 5.69 Å². The van der Waals surface area contributed by atoms with Crippen molar-refractivity contribution in [2.75, 3.05) is 31.1 Å². The van der Waals surface area contributed by atoms with E-state index in [-0.39, 0.29) is 6.04 Å². The molecule has 0 radical (unpaired) electrons. The van der Waals surface area contributed by atoms with E-state index in [9.17, 15) is 19.8 Å². The molecule has 7 nitrogen and oxygen atoms in total. The summed E-state index contributed by atoms with van der Waals surface area (Å²) in [6.45, 7) is 7.94. The molecule has 1 saturated heterocycles. The fourth-order valence-electron chi connectivity index (χ4n) is 3.93. The van der Waals surface area contributed by atoms with Crippen molar-refractivity contribution in [2.45, 2.75) is 39.0 Å². The molecule has 0 spiro atoms. The average Bonchev–Trinajstić information content (AvgIpc) is 2.78. The van der Waals surface area contributed by atoms with Crippen molar-refractivity contribution in [1.82, 2.24) is 10.2 Å². The lowest BCUT2D eigenvalue weighted by Gasteiger charge is -2.38. The topological polar surface area (TPSA) is 93.1 Å². The fraction of sp³-hybridized carbons (Fsp3) is 0.417. The molecule has 1 aliphatic rings. The molecule has 1 fully saturated rings. The van der Waals surface area contributed by atoms with Crippen LogP contribution in [0, 0.1) is 13.8 Å². The molecule has 0 aromatic heterocycles. The first-order valence-electron chi connectivity index (χ1n) is 10.7. The van der Waals surface area contributed by atoms with E-state index in [1.165, 1.54) is 16.0 Å². The second kappa shape index (κ2) is 10.5. The number of aryl methyl sites for hydroxylation is 2. The van der Waals surface area contributed by atoms with E-state index in [1.807, 2.05) is 24.3 Å². The quantitative estimate of drug-likeness (QED) is 0.562. The minimum atomic E-state index is -1.84. The number of halogens is 1. The van der Waals surface area contributed by atoms with Crippen LogP contribution in [0.1, 0.15) is 29.7 Å². The normalized spacial score (nSPS) is 16.9. The van der Waals surface area contributed by atoms with E-state index in [0.29, 0.717) is 26.2 Å². The van der Waals surface area contributed by atoms with Gasteiger partial charge in [-0.15, -0.1) is 0 Å². The number of aliphatic hydroxyl groups is 2. The van der Waals surface area contributed by atoms with Crippen LogP contribution < -0.4 is 10.2 Å². The fourth-order valence-corrected chi connectivity index (χ4v) is 4.19. The van der Waals surface area contributed by atoms with Gasteiger partial charge in [0, 0.05) is 36.3 Å². The molecule has 172 valence electrons. The number of anilines is 1. The van der Waals surface area contributed by atoms with E-state index in [4.69, 9.17) is 0 Å². The molecule has 0 unspecified atom stereocenters. The summed E-state index contributed by atoms with van der Waals surface area (Å²) in [5.74, 6) is -1.42. The molecular weight excluding hydrogens is 474 g/mol. The van der Waals surface area contributed by atoms with Crippen molar-refractivity contribution >= 4 is 33.4 Å². The third kappa shape index (κ3) is 5.68. The smallest absolute Gasteiger partial charge is 0.254 e. The van der Waals surface area contributed by atoms with Crippen molar-refractivity contribution in [1.29, 1.82) is 0 Å². The Morgan fingerprint density at radius 3 is 2.19 bits per heavy atom. The minimum absolute atomic E-state index is 0.381. The van der Waals surface area contributed by atoms with Gasteiger partial charge in [0.15, 0.2) is 12.2 Å². The molecule has 2 aromatic carbocycles. The molecule has 1 heterocycles. The zero-order chi connectivity index (χ0) is 23.4. The first kappa shape index (κ1) is 24.2. The number of piperazine rings is 1. The van der Waals surface area contributed by atoms with Crippen molar-refractivity contribution in [3.8, 4) is 0 Å². The van der Waals surface area contributed by atoms with Crippen molar-refractivity contribution in [3.05, 3.63) is 63.6 Å². The lowest BCUT2D eigenvalue weighted by molar-refractivity contribution is -0.153. The maximum absolute atomic E-state index is 12.7. The molecule has 0 bridgehead atoms. The number of rotatable bonds is 6. The van der Waals surface area contributed by atoms with Gasteiger partial charge in [-0.25, -0.2) is 0 Å². The summed E-state index contributed by atoms with van der Waals surface area (Å²) in [4.78, 5) is 28.8. The molecule has 0 aliphatic carbocycles. The van der Waals surface area contributed by atoms with Gasteiger partial charge >= 0.3 is 0 Å². The number of nitrogens with zero attached hydrogens (tertiary/aromatic N) is 2. The van der Waals surface area contributed by atoms with Gasteiger partial charge in [0.2, 0.25) is 0 Å². The predicted molar refractivity (Wildman–Crippen MR) is 127 cm³/mol. The molecule has 8 heteroatoms. The van der Waals surface area contributed by atoms with Gasteiger partial charge in [0.05, 0.1) is 6.04 Å². The summed E-state index contributed by atoms with van der Waals surface area (Å²) in [5.41, 5.74) is 4.35. The van der Waals surface area contributed by atoms with Crippen LogP contribution in [0.25, 0.3) is 0 Å². The first-order valence-corrected chi connectivity index (χ1v) is 11.5. The van der Waals surface area contributed by atoms with E-state index < -0.39 is 24.0 Å².